The van der Waals surface area contributed by atoms with E-state index in [-0.39, 0.29) is 28.9 Å². The average molecular weight is 678 g/mol. The zero-order valence-corrected chi connectivity index (χ0v) is 27.3. The van der Waals surface area contributed by atoms with Crippen LogP contribution in [0.1, 0.15) is 77.6 Å². The van der Waals surface area contributed by atoms with Gasteiger partial charge in [0.05, 0.1) is 29.8 Å². The molecule has 0 atom stereocenters. The lowest BCUT2D eigenvalue weighted by molar-refractivity contribution is -0.138. The molecule has 2 aromatic heterocycles. The summed E-state index contributed by atoms with van der Waals surface area (Å²) in [7, 11) is 0. The van der Waals surface area contributed by atoms with Gasteiger partial charge in [0.15, 0.2) is 5.82 Å². The molecule has 3 fully saturated rings. The number of nitriles is 2. The van der Waals surface area contributed by atoms with Gasteiger partial charge in [0.1, 0.15) is 18.0 Å². The zero-order valence-electron chi connectivity index (χ0n) is 27.3. The first-order chi connectivity index (χ1) is 24.1. The number of nitrogens with zero attached hydrogens (tertiary/aromatic N) is 7. The van der Waals surface area contributed by atoms with Gasteiger partial charge in [-0.2, -0.15) is 23.7 Å². The van der Waals surface area contributed by atoms with Crippen LogP contribution in [0.2, 0.25) is 0 Å². The van der Waals surface area contributed by atoms with Crippen LogP contribution in [0, 0.1) is 33.5 Å². The van der Waals surface area contributed by atoms with Crippen molar-refractivity contribution in [3.05, 3.63) is 76.6 Å². The van der Waals surface area contributed by atoms with E-state index in [0.717, 1.165) is 45.2 Å². The summed E-state index contributed by atoms with van der Waals surface area (Å²) in [4.78, 5) is 25.4. The molecule has 1 spiro atoms. The van der Waals surface area contributed by atoms with Crippen LogP contribution in [0.3, 0.4) is 0 Å². The molecule has 4 aromatic rings. The van der Waals surface area contributed by atoms with Crippen LogP contribution in [-0.4, -0.2) is 50.6 Å². The minimum Gasteiger partial charge on any atom is -0.369 e. The first-order valence-corrected chi connectivity index (χ1v) is 16.9. The fourth-order valence-corrected chi connectivity index (χ4v) is 7.84. The topological polar surface area (TPSA) is 138 Å². The van der Waals surface area contributed by atoms with Gasteiger partial charge in [0.2, 0.25) is 0 Å². The fraction of sp³-hybridized carbons (Fsp3) is 0.405. The Hall–Kier alpha value is -5.27. The average Bonchev–Trinajstić information content (AvgIpc) is 3.41. The molecule has 0 bridgehead atoms. The summed E-state index contributed by atoms with van der Waals surface area (Å²) >= 11 is 0. The lowest BCUT2D eigenvalue weighted by Crippen LogP contribution is -2.33. The summed E-state index contributed by atoms with van der Waals surface area (Å²) in [6.07, 6.45) is 3.54. The number of nitrogens with one attached hydrogen (secondary N) is 2. The zero-order chi connectivity index (χ0) is 34.7. The molecule has 4 heterocycles. The van der Waals surface area contributed by atoms with Crippen molar-refractivity contribution in [2.24, 2.45) is 10.8 Å². The van der Waals surface area contributed by atoms with E-state index in [1.54, 1.807) is 36.4 Å². The van der Waals surface area contributed by atoms with E-state index in [9.17, 15) is 28.5 Å². The Morgan fingerprint density at radius 1 is 1.00 bits per heavy atom. The number of benzene rings is 2. The molecule has 10 nitrogen and oxygen atoms in total. The predicted octanol–water partition coefficient (Wildman–Crippen LogP) is 7.07. The van der Waals surface area contributed by atoms with E-state index in [1.807, 2.05) is 0 Å². The summed E-state index contributed by atoms with van der Waals surface area (Å²) in [5, 5.41) is 30.5. The largest absolute Gasteiger partial charge is 0.416 e. The monoisotopic (exact) mass is 677 g/mol. The van der Waals surface area contributed by atoms with Crippen molar-refractivity contribution in [2.45, 2.75) is 64.2 Å². The second-order valence-corrected chi connectivity index (χ2v) is 14.4. The van der Waals surface area contributed by atoms with Gasteiger partial charge in [-0.25, -0.2) is 4.98 Å². The van der Waals surface area contributed by atoms with E-state index < -0.39 is 17.6 Å². The quantitative estimate of drug-likeness (QED) is 0.192. The Bertz CT molecular complexity index is 2070. The molecule has 13 heteroatoms. The van der Waals surface area contributed by atoms with E-state index in [4.69, 9.17) is 4.98 Å². The summed E-state index contributed by atoms with van der Waals surface area (Å²) in [5.41, 5.74) is 1.97. The van der Waals surface area contributed by atoms with Gasteiger partial charge < -0.3 is 10.3 Å². The van der Waals surface area contributed by atoms with Gasteiger partial charge in [0.25, 0.3) is 5.91 Å². The Balaban J connectivity index is 1.18. The maximum Gasteiger partial charge on any atom is 0.416 e. The third kappa shape index (κ3) is 5.86. The highest BCUT2D eigenvalue weighted by molar-refractivity contribution is 6.10. The highest BCUT2D eigenvalue weighted by atomic mass is 19.4. The Kier molecular flexibility index (Phi) is 7.64. The predicted molar refractivity (Wildman–Crippen MR) is 178 cm³/mol. The molecular formula is C37H34F3N9O. The number of amides is 1. The molecule has 1 saturated heterocycles. The van der Waals surface area contributed by atoms with Crippen molar-refractivity contribution in [1.29, 1.82) is 10.5 Å². The van der Waals surface area contributed by atoms with Crippen LogP contribution in [0.4, 0.5) is 24.8 Å². The molecule has 2 aliphatic carbocycles. The van der Waals surface area contributed by atoms with Crippen LogP contribution < -0.4 is 10.2 Å². The molecule has 50 heavy (non-hydrogen) atoms. The molecule has 8 rings (SSSR count). The van der Waals surface area contributed by atoms with Gasteiger partial charge in [-0.05, 0) is 109 Å². The number of carbonyl (C=O) groups is 1. The normalized spacial score (nSPS) is 18.8. The van der Waals surface area contributed by atoms with Crippen LogP contribution in [0.5, 0.6) is 0 Å². The number of anilines is 2. The number of pyridine rings is 1. The van der Waals surface area contributed by atoms with Crippen LogP contribution in [0.25, 0.3) is 22.5 Å². The molecule has 2 N–H and O–H groups in total. The minimum absolute atomic E-state index is 0.0360. The fourth-order valence-electron chi connectivity index (χ4n) is 7.84. The number of aromatic amines is 1. The lowest BCUT2D eigenvalue weighted by atomic mass is 9.68. The minimum atomic E-state index is -4.65. The number of aromatic nitrogens is 4. The number of H-pyrrole nitrogens is 1. The summed E-state index contributed by atoms with van der Waals surface area (Å²) in [6, 6.07) is 15.8. The van der Waals surface area contributed by atoms with Crippen LogP contribution >= 0.6 is 0 Å². The molecular weight excluding hydrogens is 643 g/mol. The number of rotatable bonds is 9. The van der Waals surface area contributed by atoms with Crippen LogP contribution in [0.15, 0.2) is 48.8 Å². The first kappa shape index (κ1) is 32.0. The van der Waals surface area contributed by atoms with Crippen molar-refractivity contribution in [3.8, 4) is 34.7 Å². The highest BCUT2D eigenvalue weighted by Gasteiger charge is 2.45. The molecule has 4 aliphatic rings. The molecule has 0 radical (unpaired) electrons. The smallest absolute Gasteiger partial charge is 0.369 e. The maximum absolute atomic E-state index is 14.6. The Morgan fingerprint density at radius 2 is 1.84 bits per heavy atom. The van der Waals surface area contributed by atoms with Crippen LogP contribution in [-0.2, 0) is 19.3 Å². The summed E-state index contributed by atoms with van der Waals surface area (Å²) in [5.74, 6) is 0.469. The molecule has 2 aliphatic heterocycles. The third-order valence-corrected chi connectivity index (χ3v) is 11.0. The van der Waals surface area contributed by atoms with Crippen molar-refractivity contribution in [2.75, 3.05) is 29.9 Å². The second kappa shape index (κ2) is 12.0. The van der Waals surface area contributed by atoms with Gasteiger partial charge in [-0.15, -0.1) is 10.2 Å². The maximum atomic E-state index is 14.6. The van der Waals surface area contributed by atoms with Crippen molar-refractivity contribution in [3.63, 3.8) is 0 Å². The first-order valence-electron chi connectivity index (χ1n) is 16.9. The molecule has 2 saturated carbocycles. The highest BCUT2D eigenvalue weighted by Crippen LogP contribution is 2.50. The van der Waals surface area contributed by atoms with Gasteiger partial charge >= 0.3 is 6.18 Å². The van der Waals surface area contributed by atoms with Gasteiger partial charge in [-0.3, -0.25) is 14.6 Å². The number of hydrogen-bond acceptors (Lipinski definition) is 8. The molecule has 0 unspecified atom stereocenters. The number of likely N-dealkylation sites (tertiary alicyclic amines) is 1. The van der Waals surface area contributed by atoms with Gasteiger partial charge in [-0.1, -0.05) is 6.42 Å². The SMILES string of the molecule is N#CCC1(CNc2cc(-c3cc(C#N)ccc3-c3nnc[nH]3)cc(N3Cc4c(cc(CN5CCC6(CCC6)C5)cc4C(F)(F)F)C3=O)n2)CC1. The van der Waals surface area contributed by atoms with E-state index >= 15 is 0 Å². The number of carbonyl (C=O) groups excluding carboxylic acids is 1. The number of halogens is 3. The Morgan fingerprint density at radius 3 is 2.50 bits per heavy atom. The van der Waals surface area contributed by atoms with E-state index in [1.165, 1.54) is 23.7 Å². The molecule has 1 amide bonds. The number of alkyl halides is 3. The third-order valence-electron chi connectivity index (χ3n) is 11.0. The number of hydrogen-bond donors (Lipinski definition) is 2. The standard InChI is InChI=1S/C37H34F3N9O/c38-37(39,40)30-14-24(18-48-11-9-36(21-48)4-1-5-36)13-28-29(30)19-49(34(28)50)32-16-25(15-31(46-32)43-20-35(6-7-35)8-10-41)27-12-23(17-42)2-3-26(27)33-44-22-45-47-33/h2-3,12-16,22H,1,4-9,11,18-21H2,(H,43,46)(H,44,45,47). The van der Waals surface area contributed by atoms with Crippen molar-refractivity contribution in [1.82, 2.24) is 25.1 Å². The van der Waals surface area contributed by atoms with Gasteiger partial charge in [0, 0.05) is 42.6 Å². The van der Waals surface area contributed by atoms with Crippen molar-refractivity contribution < 1.29 is 18.0 Å². The lowest BCUT2D eigenvalue weighted by Gasteiger charge is -2.38. The van der Waals surface area contributed by atoms with E-state index in [2.05, 4.69) is 37.5 Å². The van der Waals surface area contributed by atoms with Crippen molar-refractivity contribution >= 4 is 17.5 Å². The molecule has 254 valence electrons. The molecule has 2 aromatic carbocycles. The van der Waals surface area contributed by atoms with E-state index in [0.29, 0.717) is 64.4 Å². The second-order valence-electron chi connectivity index (χ2n) is 14.4. The summed E-state index contributed by atoms with van der Waals surface area (Å²) in [6.45, 7) is 2.24. The number of fused-ring (bicyclic) bond motifs is 1. The summed E-state index contributed by atoms with van der Waals surface area (Å²) < 4.78 is 43.9. The Labute approximate surface area is 286 Å².